The van der Waals surface area contributed by atoms with Crippen LogP contribution >= 0.6 is 35.2 Å². The zero-order valence-electron chi connectivity index (χ0n) is 18.0. The van der Waals surface area contributed by atoms with Crippen LogP contribution in [0.2, 0.25) is 5.02 Å². The number of piperazine rings is 1. The van der Waals surface area contributed by atoms with E-state index < -0.39 is 5.97 Å². The molecule has 1 aromatic heterocycles. The number of thiocarbonyl (C=S) groups is 1. The molecule has 0 aliphatic carbocycles. The number of anilines is 1. The maximum absolute atomic E-state index is 11.9. The fraction of sp³-hybridized carbons (Fsp3) is 0.304. The van der Waals surface area contributed by atoms with Gasteiger partial charge in [-0.1, -0.05) is 11.6 Å². The molecule has 0 unspecified atom stereocenters. The molecule has 3 heterocycles. The van der Waals surface area contributed by atoms with Gasteiger partial charge in [0.15, 0.2) is 16.6 Å². The summed E-state index contributed by atoms with van der Waals surface area (Å²) in [4.78, 5) is 16.0. The van der Waals surface area contributed by atoms with Gasteiger partial charge in [0.05, 0.1) is 38.3 Å². The molecule has 172 valence electrons. The third-order valence-electron chi connectivity index (χ3n) is 5.90. The first-order chi connectivity index (χ1) is 16.0. The smallest absolute Gasteiger partial charge is 0.349 e. The average molecular weight is 505 g/mol. The minimum Gasteiger partial charge on any atom is -0.465 e. The van der Waals surface area contributed by atoms with Gasteiger partial charge in [0.25, 0.3) is 0 Å². The van der Waals surface area contributed by atoms with Gasteiger partial charge >= 0.3 is 5.97 Å². The minimum absolute atomic E-state index is 0.299. The number of carbonyl (C=O) groups is 1. The number of benzene rings is 2. The molecule has 2 aliphatic rings. The zero-order valence-corrected chi connectivity index (χ0v) is 20.4. The number of hydrogen-bond donors (Lipinski definition) is 2. The molecule has 0 amide bonds. The van der Waals surface area contributed by atoms with E-state index in [1.165, 1.54) is 28.9 Å². The molecule has 0 saturated carbocycles. The van der Waals surface area contributed by atoms with Gasteiger partial charge in [0.1, 0.15) is 11.4 Å². The van der Waals surface area contributed by atoms with Crippen molar-refractivity contribution in [1.29, 1.82) is 0 Å². The highest BCUT2D eigenvalue weighted by atomic mass is 35.5. The Bertz CT molecular complexity index is 1220. The molecule has 1 saturated heterocycles. The van der Waals surface area contributed by atoms with Crippen molar-refractivity contribution < 1.29 is 23.9 Å². The Morgan fingerprint density at radius 2 is 2.00 bits per heavy atom. The van der Waals surface area contributed by atoms with Gasteiger partial charge in [-0.05, 0) is 48.6 Å². The number of halogens is 1. The normalized spacial score (nSPS) is 15.6. The summed E-state index contributed by atoms with van der Waals surface area (Å²) in [5.74, 6) is 1.23. The molecule has 7 nitrogen and oxygen atoms in total. The first-order valence-electron chi connectivity index (χ1n) is 10.6. The lowest BCUT2D eigenvalue weighted by Crippen LogP contribution is -3.13. The number of ether oxygens (including phenoxy) is 3. The van der Waals surface area contributed by atoms with Crippen LogP contribution in [0.25, 0.3) is 10.1 Å². The molecule has 0 bridgehead atoms. The summed E-state index contributed by atoms with van der Waals surface area (Å²) in [5.41, 5.74) is 2.12. The van der Waals surface area contributed by atoms with Crippen LogP contribution < -0.4 is 19.7 Å². The Kier molecular flexibility index (Phi) is 6.29. The monoisotopic (exact) mass is 504 g/mol. The molecule has 10 heteroatoms. The maximum Gasteiger partial charge on any atom is 0.349 e. The summed E-state index contributed by atoms with van der Waals surface area (Å²) in [5, 5.41) is 5.30. The molecule has 0 atom stereocenters. The van der Waals surface area contributed by atoms with Crippen LogP contribution in [0.15, 0.2) is 36.4 Å². The number of rotatable bonds is 4. The quantitative estimate of drug-likeness (QED) is 0.418. The van der Waals surface area contributed by atoms with Gasteiger partial charge in [-0.25, -0.2) is 4.79 Å². The van der Waals surface area contributed by atoms with Crippen molar-refractivity contribution in [1.82, 2.24) is 4.90 Å². The van der Waals surface area contributed by atoms with Crippen LogP contribution in [-0.2, 0) is 11.3 Å². The molecule has 5 rings (SSSR count). The van der Waals surface area contributed by atoms with Gasteiger partial charge < -0.3 is 29.3 Å². The number of methoxy groups -OCH3 is 1. The van der Waals surface area contributed by atoms with Crippen molar-refractivity contribution in [3.05, 3.63) is 51.9 Å². The van der Waals surface area contributed by atoms with Crippen LogP contribution in [0.1, 0.15) is 15.2 Å². The molecule has 1 fully saturated rings. The van der Waals surface area contributed by atoms with Crippen LogP contribution in [0.4, 0.5) is 5.69 Å². The van der Waals surface area contributed by atoms with Gasteiger partial charge in [0, 0.05) is 21.3 Å². The van der Waals surface area contributed by atoms with Crippen LogP contribution in [0.3, 0.4) is 0 Å². The number of fused-ring (bicyclic) bond motifs is 2. The molecule has 2 aromatic carbocycles. The van der Waals surface area contributed by atoms with E-state index in [0.29, 0.717) is 21.8 Å². The summed E-state index contributed by atoms with van der Waals surface area (Å²) in [6.45, 7) is 5.00. The summed E-state index contributed by atoms with van der Waals surface area (Å²) in [6.07, 6.45) is 0. The van der Waals surface area contributed by atoms with Gasteiger partial charge in [-0.3, -0.25) is 0 Å². The van der Waals surface area contributed by atoms with Crippen molar-refractivity contribution in [2.45, 2.75) is 6.54 Å². The highest BCUT2D eigenvalue weighted by molar-refractivity contribution is 7.80. The van der Waals surface area contributed by atoms with E-state index in [9.17, 15) is 4.79 Å². The van der Waals surface area contributed by atoms with Crippen molar-refractivity contribution in [3.8, 4) is 11.5 Å². The third kappa shape index (κ3) is 4.59. The summed E-state index contributed by atoms with van der Waals surface area (Å²) >= 11 is 13.3. The van der Waals surface area contributed by atoms with E-state index in [4.69, 9.17) is 38.0 Å². The van der Waals surface area contributed by atoms with Gasteiger partial charge in [-0.15, -0.1) is 11.3 Å². The Labute approximate surface area is 205 Å². The lowest BCUT2D eigenvalue weighted by molar-refractivity contribution is -0.917. The maximum atomic E-state index is 11.9. The summed E-state index contributed by atoms with van der Waals surface area (Å²) < 4.78 is 16.6. The molecule has 0 radical (unpaired) electrons. The molecule has 2 N–H and O–H groups in total. The number of nitrogens with one attached hydrogen (secondary N) is 2. The minimum atomic E-state index is -0.424. The highest BCUT2D eigenvalue weighted by Gasteiger charge is 2.23. The molecular weight excluding hydrogens is 482 g/mol. The van der Waals surface area contributed by atoms with E-state index in [-0.39, 0.29) is 0 Å². The lowest BCUT2D eigenvalue weighted by atomic mass is 10.1. The van der Waals surface area contributed by atoms with Crippen LogP contribution in [0, 0.1) is 0 Å². The summed E-state index contributed by atoms with van der Waals surface area (Å²) in [6, 6.07) is 12.0. The largest absolute Gasteiger partial charge is 0.465 e. The van der Waals surface area contributed by atoms with Gasteiger partial charge in [0.2, 0.25) is 6.79 Å². The van der Waals surface area contributed by atoms with E-state index in [2.05, 4.69) is 22.3 Å². The van der Waals surface area contributed by atoms with Crippen molar-refractivity contribution >= 4 is 62.0 Å². The van der Waals surface area contributed by atoms with Crippen LogP contribution in [-0.4, -0.2) is 56.1 Å². The standard InChI is InChI=1S/C23H22ClN3O4S2/c1-29-22(28)21-20(24)16-4-3-15(11-19(16)33-21)25-23(32)27-8-6-26(7-9-27)12-14-2-5-17-18(10-14)31-13-30-17/h2-5,10-11H,6-9,12-13H2,1H3,(H,25,32)/p+1. The first kappa shape index (κ1) is 22.2. The second-order valence-electron chi connectivity index (χ2n) is 7.98. The number of esters is 1. The second-order valence-corrected chi connectivity index (χ2v) is 9.80. The van der Waals surface area contributed by atoms with Crippen molar-refractivity contribution in [3.63, 3.8) is 0 Å². The first-order valence-corrected chi connectivity index (χ1v) is 12.2. The van der Waals surface area contributed by atoms with Crippen LogP contribution in [0.5, 0.6) is 11.5 Å². The Hall–Kier alpha value is -2.59. The number of carbonyl (C=O) groups excluding carboxylic acids is 1. The predicted molar refractivity (Wildman–Crippen MR) is 133 cm³/mol. The van der Waals surface area contributed by atoms with E-state index >= 15 is 0 Å². The van der Waals surface area contributed by atoms with E-state index in [1.807, 2.05) is 24.3 Å². The van der Waals surface area contributed by atoms with Gasteiger partial charge in [-0.2, -0.15) is 0 Å². The number of hydrogen-bond acceptors (Lipinski definition) is 6. The molecule has 2 aliphatic heterocycles. The van der Waals surface area contributed by atoms with Crippen molar-refractivity contribution in [2.75, 3.05) is 45.4 Å². The fourth-order valence-corrected chi connectivity index (χ4v) is 5.88. The number of quaternary nitrogens is 1. The third-order valence-corrected chi connectivity index (χ3v) is 7.90. The average Bonchev–Trinajstić information content (AvgIpc) is 3.43. The van der Waals surface area contributed by atoms with E-state index in [1.54, 1.807) is 0 Å². The zero-order chi connectivity index (χ0) is 22.9. The highest BCUT2D eigenvalue weighted by Crippen LogP contribution is 2.37. The Morgan fingerprint density at radius 1 is 1.21 bits per heavy atom. The molecular formula is C23H23ClN3O4S2+. The molecule has 0 spiro atoms. The SMILES string of the molecule is COC(=O)c1sc2cc(NC(=S)N3CC[NH+](Cc4ccc5c(c4)OCO5)CC3)ccc2c1Cl. The molecule has 33 heavy (non-hydrogen) atoms. The Morgan fingerprint density at radius 3 is 2.79 bits per heavy atom. The predicted octanol–water partition coefficient (Wildman–Crippen LogP) is 3.17. The second kappa shape index (κ2) is 9.34. The van der Waals surface area contributed by atoms with E-state index in [0.717, 1.165) is 60.0 Å². The summed E-state index contributed by atoms with van der Waals surface area (Å²) in [7, 11) is 1.35. The number of nitrogens with zero attached hydrogens (tertiary/aromatic N) is 1. The Balaban J connectivity index is 1.18. The molecule has 3 aromatic rings. The fourth-order valence-electron chi connectivity index (χ4n) is 4.11. The lowest BCUT2D eigenvalue weighted by Gasteiger charge is -2.34. The number of thiophene rings is 1. The topological polar surface area (TPSA) is 64.5 Å². The van der Waals surface area contributed by atoms with Crippen molar-refractivity contribution in [2.24, 2.45) is 0 Å².